The maximum atomic E-state index is 11.8. The molecular weight excluding hydrogens is 268 g/mol. The van der Waals surface area contributed by atoms with Gasteiger partial charge in [0.05, 0.1) is 7.11 Å². The fourth-order valence-corrected chi connectivity index (χ4v) is 1.81. The number of anilines is 1. The lowest BCUT2D eigenvalue weighted by Crippen LogP contribution is -2.28. The van der Waals surface area contributed by atoms with Gasteiger partial charge in [-0.05, 0) is 30.3 Å². The lowest BCUT2D eigenvalue weighted by molar-refractivity contribution is -0.123. The Morgan fingerprint density at radius 1 is 1.14 bits per heavy atom. The normalized spacial score (nSPS) is 9.95. The predicted octanol–water partition coefficient (Wildman–Crippen LogP) is 1.97. The Hall–Kier alpha value is -2.69. The van der Waals surface area contributed by atoms with E-state index in [0.29, 0.717) is 18.0 Å². The minimum absolute atomic E-state index is 0.0426. The fourth-order valence-electron chi connectivity index (χ4n) is 1.81. The van der Waals surface area contributed by atoms with Gasteiger partial charge < -0.3 is 20.5 Å². The second kappa shape index (κ2) is 7.19. The summed E-state index contributed by atoms with van der Waals surface area (Å²) < 4.78 is 10.6. The second-order valence-corrected chi connectivity index (χ2v) is 4.45. The molecule has 0 saturated carbocycles. The van der Waals surface area contributed by atoms with E-state index in [1.807, 2.05) is 24.3 Å². The van der Waals surface area contributed by atoms with Crippen LogP contribution in [0.2, 0.25) is 0 Å². The molecule has 0 aliphatic carbocycles. The Morgan fingerprint density at radius 2 is 1.86 bits per heavy atom. The van der Waals surface area contributed by atoms with Crippen LogP contribution in [0.25, 0.3) is 0 Å². The first-order valence-corrected chi connectivity index (χ1v) is 6.56. The van der Waals surface area contributed by atoms with Gasteiger partial charge >= 0.3 is 0 Å². The largest absolute Gasteiger partial charge is 0.496 e. The highest BCUT2D eigenvalue weighted by molar-refractivity contribution is 5.77. The monoisotopic (exact) mass is 286 g/mol. The molecule has 0 aliphatic heterocycles. The van der Waals surface area contributed by atoms with Crippen molar-refractivity contribution in [3.05, 3.63) is 54.1 Å². The molecule has 5 heteroatoms. The third kappa shape index (κ3) is 4.42. The number of carbonyl (C=O) groups is 1. The number of carbonyl (C=O) groups excluding carboxylic acids is 1. The smallest absolute Gasteiger partial charge is 0.258 e. The van der Waals surface area contributed by atoms with Crippen LogP contribution in [0.15, 0.2) is 48.5 Å². The van der Waals surface area contributed by atoms with Gasteiger partial charge in [-0.3, -0.25) is 4.79 Å². The van der Waals surface area contributed by atoms with Crippen LogP contribution in [0.5, 0.6) is 11.5 Å². The van der Waals surface area contributed by atoms with E-state index in [1.165, 1.54) is 0 Å². The Bertz CT molecular complexity index is 597. The van der Waals surface area contributed by atoms with Crippen LogP contribution in [0.4, 0.5) is 5.69 Å². The molecule has 0 fully saturated rings. The molecule has 2 aromatic carbocycles. The molecule has 0 unspecified atom stereocenters. The molecule has 0 atom stereocenters. The Balaban J connectivity index is 1.81. The lowest BCUT2D eigenvalue weighted by atomic mass is 10.2. The predicted molar refractivity (Wildman–Crippen MR) is 81.2 cm³/mol. The molecule has 0 spiro atoms. The van der Waals surface area contributed by atoms with E-state index < -0.39 is 0 Å². The van der Waals surface area contributed by atoms with E-state index in [-0.39, 0.29) is 12.5 Å². The van der Waals surface area contributed by atoms with Gasteiger partial charge in [-0.25, -0.2) is 0 Å². The number of methoxy groups -OCH3 is 1. The summed E-state index contributed by atoms with van der Waals surface area (Å²) in [7, 11) is 1.60. The molecule has 1 amide bonds. The summed E-state index contributed by atoms with van der Waals surface area (Å²) in [4.78, 5) is 11.8. The van der Waals surface area contributed by atoms with E-state index in [0.717, 1.165) is 11.3 Å². The molecule has 21 heavy (non-hydrogen) atoms. The number of nitrogens with two attached hydrogens (primary N) is 1. The maximum Gasteiger partial charge on any atom is 0.258 e. The van der Waals surface area contributed by atoms with Crippen molar-refractivity contribution in [1.29, 1.82) is 0 Å². The highest BCUT2D eigenvalue weighted by Gasteiger charge is 2.05. The van der Waals surface area contributed by atoms with Crippen molar-refractivity contribution >= 4 is 11.6 Å². The number of hydrogen-bond donors (Lipinski definition) is 2. The number of ether oxygens (including phenoxy) is 2. The summed E-state index contributed by atoms with van der Waals surface area (Å²) in [5.74, 6) is 1.16. The SMILES string of the molecule is COc1ccccc1CNC(=O)COc1ccc(N)cc1. The van der Waals surface area contributed by atoms with Crippen LogP contribution in [0.3, 0.4) is 0 Å². The number of nitrogens with one attached hydrogen (secondary N) is 1. The Kier molecular flexibility index (Phi) is 5.04. The molecule has 5 nitrogen and oxygen atoms in total. The van der Waals surface area contributed by atoms with Gasteiger partial charge in [0, 0.05) is 17.8 Å². The highest BCUT2D eigenvalue weighted by atomic mass is 16.5. The summed E-state index contributed by atoms with van der Waals surface area (Å²) in [6, 6.07) is 14.4. The van der Waals surface area contributed by atoms with Crippen molar-refractivity contribution in [2.45, 2.75) is 6.54 Å². The Morgan fingerprint density at radius 3 is 2.57 bits per heavy atom. The molecule has 0 heterocycles. The van der Waals surface area contributed by atoms with Crippen LogP contribution >= 0.6 is 0 Å². The Labute approximate surface area is 123 Å². The van der Waals surface area contributed by atoms with Gasteiger partial charge in [-0.2, -0.15) is 0 Å². The first kappa shape index (κ1) is 14.7. The minimum Gasteiger partial charge on any atom is -0.496 e. The molecule has 0 bridgehead atoms. The van der Waals surface area contributed by atoms with Gasteiger partial charge in [-0.1, -0.05) is 18.2 Å². The first-order chi connectivity index (χ1) is 10.2. The molecule has 0 radical (unpaired) electrons. The van der Waals surface area contributed by atoms with Crippen molar-refractivity contribution in [3.63, 3.8) is 0 Å². The van der Waals surface area contributed by atoms with Crippen molar-refractivity contribution in [1.82, 2.24) is 5.32 Å². The minimum atomic E-state index is -0.197. The number of rotatable bonds is 6. The molecule has 0 aliphatic rings. The van der Waals surface area contributed by atoms with Crippen LogP contribution < -0.4 is 20.5 Å². The topological polar surface area (TPSA) is 73.6 Å². The van der Waals surface area contributed by atoms with Gasteiger partial charge in [-0.15, -0.1) is 0 Å². The third-order valence-electron chi connectivity index (χ3n) is 2.92. The van der Waals surface area contributed by atoms with E-state index in [1.54, 1.807) is 31.4 Å². The average molecular weight is 286 g/mol. The van der Waals surface area contributed by atoms with Crippen molar-refractivity contribution < 1.29 is 14.3 Å². The third-order valence-corrected chi connectivity index (χ3v) is 2.92. The molecule has 3 N–H and O–H groups in total. The molecular formula is C16H18N2O3. The highest BCUT2D eigenvalue weighted by Crippen LogP contribution is 2.16. The van der Waals surface area contributed by atoms with Crippen molar-refractivity contribution in [2.24, 2.45) is 0 Å². The molecule has 0 saturated heterocycles. The first-order valence-electron chi connectivity index (χ1n) is 6.56. The zero-order valence-electron chi connectivity index (χ0n) is 11.8. The number of benzene rings is 2. The second-order valence-electron chi connectivity index (χ2n) is 4.45. The maximum absolute atomic E-state index is 11.8. The van der Waals surface area contributed by atoms with Gasteiger partial charge in [0.25, 0.3) is 5.91 Å². The number of nitrogen functional groups attached to an aromatic ring is 1. The van der Waals surface area contributed by atoms with Crippen LogP contribution in [0.1, 0.15) is 5.56 Å². The lowest BCUT2D eigenvalue weighted by Gasteiger charge is -2.10. The zero-order valence-corrected chi connectivity index (χ0v) is 11.8. The molecule has 2 rings (SSSR count). The summed E-state index contributed by atoms with van der Waals surface area (Å²) in [6.45, 7) is 0.354. The number of hydrogen-bond acceptors (Lipinski definition) is 4. The van der Waals surface area contributed by atoms with Gasteiger partial charge in [0.15, 0.2) is 6.61 Å². The van der Waals surface area contributed by atoms with Crippen molar-refractivity contribution in [3.8, 4) is 11.5 Å². The molecule has 0 aromatic heterocycles. The van der Waals surface area contributed by atoms with Crippen molar-refractivity contribution in [2.75, 3.05) is 19.5 Å². The number of para-hydroxylation sites is 1. The summed E-state index contributed by atoms with van der Waals surface area (Å²) >= 11 is 0. The molecule has 110 valence electrons. The number of amides is 1. The van der Waals surface area contributed by atoms with Crippen LogP contribution in [-0.4, -0.2) is 19.6 Å². The van der Waals surface area contributed by atoms with E-state index >= 15 is 0 Å². The van der Waals surface area contributed by atoms with Gasteiger partial charge in [0.1, 0.15) is 11.5 Å². The zero-order chi connectivity index (χ0) is 15.1. The summed E-state index contributed by atoms with van der Waals surface area (Å²) in [5.41, 5.74) is 7.15. The summed E-state index contributed by atoms with van der Waals surface area (Å²) in [6.07, 6.45) is 0. The van der Waals surface area contributed by atoms with E-state index in [2.05, 4.69) is 5.32 Å². The fraction of sp³-hybridized carbons (Fsp3) is 0.188. The average Bonchev–Trinajstić information content (AvgIpc) is 2.52. The van der Waals surface area contributed by atoms with E-state index in [4.69, 9.17) is 15.2 Å². The summed E-state index contributed by atoms with van der Waals surface area (Å²) in [5, 5.41) is 2.79. The van der Waals surface area contributed by atoms with Gasteiger partial charge in [0.2, 0.25) is 0 Å². The standard InChI is InChI=1S/C16H18N2O3/c1-20-15-5-3-2-4-12(15)10-18-16(19)11-21-14-8-6-13(17)7-9-14/h2-9H,10-11,17H2,1H3,(H,18,19). The van der Waals surface area contributed by atoms with Crippen LogP contribution in [0, 0.1) is 0 Å². The molecule has 2 aromatic rings. The van der Waals surface area contributed by atoms with E-state index in [9.17, 15) is 4.79 Å². The quantitative estimate of drug-likeness (QED) is 0.796. The van der Waals surface area contributed by atoms with Crippen LogP contribution in [-0.2, 0) is 11.3 Å².